The smallest absolute Gasteiger partial charge is 0.179 e. The van der Waals surface area contributed by atoms with Crippen LogP contribution >= 0.6 is 0 Å². The number of carbonyl (C=O) groups is 1. The Kier molecular flexibility index (Phi) is 5.76. The van der Waals surface area contributed by atoms with Crippen LogP contribution in [0.15, 0.2) is 24.3 Å². The van der Waals surface area contributed by atoms with Crippen LogP contribution in [-0.4, -0.2) is 50.1 Å². The summed E-state index contributed by atoms with van der Waals surface area (Å²) < 4.78 is 10.9. The van der Waals surface area contributed by atoms with E-state index < -0.39 is 0 Å². The van der Waals surface area contributed by atoms with Gasteiger partial charge in [0.25, 0.3) is 0 Å². The molecule has 4 nitrogen and oxygen atoms in total. The van der Waals surface area contributed by atoms with E-state index in [1.54, 1.807) is 7.11 Å². The number of Topliss-reactive ketones (excluding diaryl/α,β-unsaturated/α-hetero) is 1. The molecule has 0 amide bonds. The first kappa shape index (κ1) is 16.0. The Hall–Kier alpha value is -1.39. The second-order valence-electron chi connectivity index (χ2n) is 5.70. The summed E-state index contributed by atoms with van der Waals surface area (Å²) in [4.78, 5) is 14.6. The fourth-order valence-electron chi connectivity index (χ4n) is 2.63. The highest BCUT2D eigenvalue weighted by atomic mass is 16.5. The molecule has 1 heterocycles. The maximum atomic E-state index is 12.5. The molecule has 2 rings (SSSR count). The predicted octanol–water partition coefficient (Wildman–Crippen LogP) is 2.77. The summed E-state index contributed by atoms with van der Waals surface area (Å²) in [6.45, 7) is 3.61. The van der Waals surface area contributed by atoms with Crippen molar-refractivity contribution in [2.24, 2.45) is 0 Å². The van der Waals surface area contributed by atoms with Crippen LogP contribution in [0.1, 0.15) is 36.5 Å². The SMILES string of the molecule is COc1ccc(C(=O)C(C)N(C)CC2CCCCO2)cc1. The van der Waals surface area contributed by atoms with E-state index in [9.17, 15) is 4.79 Å². The van der Waals surface area contributed by atoms with Crippen molar-refractivity contribution in [3.8, 4) is 5.75 Å². The molecule has 2 unspecified atom stereocenters. The van der Waals surface area contributed by atoms with Crippen LogP contribution in [0.25, 0.3) is 0 Å². The minimum atomic E-state index is -0.149. The van der Waals surface area contributed by atoms with Crippen molar-refractivity contribution in [1.29, 1.82) is 0 Å². The quantitative estimate of drug-likeness (QED) is 0.756. The summed E-state index contributed by atoms with van der Waals surface area (Å²) in [6, 6.07) is 7.14. The number of rotatable bonds is 6. The number of hydrogen-bond donors (Lipinski definition) is 0. The Morgan fingerprint density at radius 2 is 2.10 bits per heavy atom. The molecule has 21 heavy (non-hydrogen) atoms. The molecule has 1 aromatic rings. The zero-order valence-corrected chi connectivity index (χ0v) is 13.2. The van der Waals surface area contributed by atoms with E-state index in [2.05, 4.69) is 4.90 Å². The topological polar surface area (TPSA) is 38.8 Å². The van der Waals surface area contributed by atoms with Gasteiger partial charge in [0.2, 0.25) is 0 Å². The predicted molar refractivity (Wildman–Crippen MR) is 83.0 cm³/mol. The molecule has 1 saturated heterocycles. The molecule has 116 valence electrons. The van der Waals surface area contributed by atoms with E-state index in [1.807, 2.05) is 38.2 Å². The third-order valence-electron chi connectivity index (χ3n) is 4.18. The summed E-state index contributed by atoms with van der Waals surface area (Å²) in [6.07, 6.45) is 3.73. The van der Waals surface area contributed by atoms with Gasteiger partial charge in [-0.3, -0.25) is 9.69 Å². The minimum absolute atomic E-state index is 0.135. The first-order valence-corrected chi connectivity index (χ1v) is 7.62. The standard InChI is InChI=1S/C17H25NO3/c1-13(18(2)12-16-6-4-5-11-21-16)17(19)14-7-9-15(20-3)10-8-14/h7-10,13,16H,4-6,11-12H2,1-3H3. The van der Waals surface area contributed by atoms with E-state index in [0.717, 1.165) is 37.3 Å². The van der Waals surface area contributed by atoms with E-state index in [4.69, 9.17) is 9.47 Å². The van der Waals surface area contributed by atoms with Crippen molar-refractivity contribution in [1.82, 2.24) is 4.90 Å². The fourth-order valence-corrected chi connectivity index (χ4v) is 2.63. The van der Waals surface area contributed by atoms with E-state index in [-0.39, 0.29) is 17.9 Å². The van der Waals surface area contributed by atoms with Crippen LogP contribution in [0.5, 0.6) is 5.75 Å². The molecule has 0 N–H and O–H groups in total. The number of likely N-dealkylation sites (N-methyl/N-ethyl adjacent to an activating group) is 1. The largest absolute Gasteiger partial charge is 0.497 e. The molecular formula is C17H25NO3. The Balaban J connectivity index is 1.93. The minimum Gasteiger partial charge on any atom is -0.497 e. The molecule has 4 heteroatoms. The highest BCUT2D eigenvalue weighted by molar-refractivity contribution is 5.99. The van der Waals surface area contributed by atoms with Crippen molar-refractivity contribution in [3.63, 3.8) is 0 Å². The van der Waals surface area contributed by atoms with Gasteiger partial charge in [0.05, 0.1) is 19.3 Å². The van der Waals surface area contributed by atoms with E-state index in [0.29, 0.717) is 0 Å². The second-order valence-corrected chi connectivity index (χ2v) is 5.70. The van der Waals surface area contributed by atoms with Gasteiger partial charge in [-0.25, -0.2) is 0 Å². The second kappa shape index (κ2) is 7.57. The number of methoxy groups -OCH3 is 1. The lowest BCUT2D eigenvalue weighted by molar-refractivity contribution is -0.00577. The lowest BCUT2D eigenvalue weighted by Gasteiger charge is -2.30. The average Bonchev–Trinajstić information content (AvgIpc) is 2.54. The molecular weight excluding hydrogens is 266 g/mol. The van der Waals surface area contributed by atoms with Gasteiger partial charge >= 0.3 is 0 Å². The van der Waals surface area contributed by atoms with Crippen molar-refractivity contribution >= 4 is 5.78 Å². The van der Waals surface area contributed by atoms with E-state index in [1.165, 1.54) is 6.42 Å². The van der Waals surface area contributed by atoms with Gasteiger partial charge in [0, 0.05) is 18.7 Å². The molecule has 0 aliphatic carbocycles. The molecule has 0 radical (unpaired) electrons. The molecule has 0 saturated carbocycles. The number of carbonyl (C=O) groups excluding carboxylic acids is 1. The first-order chi connectivity index (χ1) is 10.1. The maximum Gasteiger partial charge on any atom is 0.179 e. The summed E-state index contributed by atoms with van der Waals surface area (Å²) in [5, 5.41) is 0. The van der Waals surface area contributed by atoms with Gasteiger partial charge in [-0.2, -0.15) is 0 Å². The van der Waals surface area contributed by atoms with Gasteiger partial charge in [-0.05, 0) is 57.5 Å². The molecule has 1 fully saturated rings. The van der Waals surface area contributed by atoms with Crippen LogP contribution in [0, 0.1) is 0 Å². The first-order valence-electron chi connectivity index (χ1n) is 7.62. The van der Waals surface area contributed by atoms with Gasteiger partial charge in [0.15, 0.2) is 5.78 Å². The third-order valence-corrected chi connectivity index (χ3v) is 4.18. The van der Waals surface area contributed by atoms with Crippen molar-refractivity contribution < 1.29 is 14.3 Å². The number of benzene rings is 1. The third kappa shape index (κ3) is 4.29. The molecule has 0 bridgehead atoms. The molecule has 0 aromatic heterocycles. The van der Waals surface area contributed by atoms with Crippen molar-refractivity contribution in [2.75, 3.05) is 27.3 Å². The monoisotopic (exact) mass is 291 g/mol. The summed E-state index contributed by atoms with van der Waals surface area (Å²) in [7, 11) is 3.61. The van der Waals surface area contributed by atoms with Crippen LogP contribution in [0.3, 0.4) is 0 Å². The van der Waals surface area contributed by atoms with Gasteiger partial charge in [-0.1, -0.05) is 0 Å². The van der Waals surface area contributed by atoms with Crippen LogP contribution < -0.4 is 4.74 Å². The van der Waals surface area contributed by atoms with Crippen molar-refractivity contribution in [2.45, 2.75) is 38.3 Å². The number of hydrogen-bond acceptors (Lipinski definition) is 4. The molecule has 1 aromatic carbocycles. The number of nitrogens with zero attached hydrogens (tertiary/aromatic N) is 1. The molecule has 1 aliphatic heterocycles. The van der Waals surface area contributed by atoms with Gasteiger partial charge in [0.1, 0.15) is 5.75 Å². The Morgan fingerprint density at radius 1 is 1.38 bits per heavy atom. The lowest BCUT2D eigenvalue weighted by Crippen LogP contribution is -2.42. The number of ether oxygens (including phenoxy) is 2. The normalized spacial score (nSPS) is 20.3. The van der Waals surface area contributed by atoms with Gasteiger partial charge < -0.3 is 9.47 Å². The zero-order valence-electron chi connectivity index (χ0n) is 13.2. The molecule has 0 spiro atoms. The fraction of sp³-hybridized carbons (Fsp3) is 0.588. The summed E-state index contributed by atoms with van der Waals surface area (Å²) in [5.74, 6) is 0.902. The summed E-state index contributed by atoms with van der Waals surface area (Å²) >= 11 is 0. The Morgan fingerprint density at radius 3 is 2.67 bits per heavy atom. The summed E-state index contributed by atoms with van der Waals surface area (Å²) in [5.41, 5.74) is 0.722. The van der Waals surface area contributed by atoms with Crippen LogP contribution in [0.2, 0.25) is 0 Å². The Labute approximate surface area is 127 Å². The van der Waals surface area contributed by atoms with Crippen molar-refractivity contribution in [3.05, 3.63) is 29.8 Å². The highest BCUT2D eigenvalue weighted by Gasteiger charge is 2.23. The number of ketones is 1. The lowest BCUT2D eigenvalue weighted by atomic mass is 10.0. The van der Waals surface area contributed by atoms with E-state index >= 15 is 0 Å². The molecule has 2 atom stereocenters. The van der Waals surface area contributed by atoms with Crippen LogP contribution in [-0.2, 0) is 4.74 Å². The average molecular weight is 291 g/mol. The Bertz CT molecular complexity index is 452. The highest BCUT2D eigenvalue weighted by Crippen LogP contribution is 2.17. The van der Waals surface area contributed by atoms with Crippen LogP contribution in [0.4, 0.5) is 0 Å². The molecule has 1 aliphatic rings. The zero-order chi connectivity index (χ0) is 15.2. The maximum absolute atomic E-state index is 12.5. The van der Waals surface area contributed by atoms with Gasteiger partial charge in [-0.15, -0.1) is 0 Å².